The van der Waals surface area contributed by atoms with Gasteiger partial charge in [0, 0.05) is 20.8 Å². The van der Waals surface area contributed by atoms with Crippen LogP contribution >= 0.6 is 0 Å². The summed E-state index contributed by atoms with van der Waals surface area (Å²) in [6.45, 7) is 17.5. The van der Waals surface area contributed by atoms with Gasteiger partial charge in [0.15, 0.2) is 9.84 Å². The van der Waals surface area contributed by atoms with Crippen LogP contribution in [-0.4, -0.2) is 59.4 Å². The molecule has 0 unspecified atom stereocenters. The third-order valence-electron chi connectivity index (χ3n) is 4.23. The highest BCUT2D eigenvalue weighted by molar-refractivity contribution is 7.92. The quantitative estimate of drug-likeness (QED) is 0.227. The average molecular weight is 481 g/mol. The summed E-state index contributed by atoms with van der Waals surface area (Å²) in [7, 11) is 2.14. The summed E-state index contributed by atoms with van der Waals surface area (Å²) >= 11 is 0. The molecule has 0 aromatic rings. The van der Waals surface area contributed by atoms with Gasteiger partial charge in [0.1, 0.15) is 0 Å². The first-order valence-electron chi connectivity index (χ1n) is 11.7. The first-order valence-corrected chi connectivity index (χ1v) is 13.3. The number of ether oxygens (including phenoxy) is 3. The van der Waals surface area contributed by atoms with Crippen molar-refractivity contribution in [3.05, 3.63) is 12.2 Å². The Hall–Kier alpha value is -0.920. The van der Waals surface area contributed by atoms with E-state index in [-0.39, 0.29) is 22.4 Å². The van der Waals surface area contributed by atoms with Crippen LogP contribution in [0.15, 0.2) is 12.2 Å². The van der Waals surface area contributed by atoms with E-state index >= 15 is 0 Å². The van der Waals surface area contributed by atoms with Crippen molar-refractivity contribution in [3.8, 4) is 0 Å². The maximum absolute atomic E-state index is 11.1. The molecule has 1 saturated carbocycles. The topological polar surface area (TPSA) is 78.9 Å². The van der Waals surface area contributed by atoms with Crippen molar-refractivity contribution < 1.29 is 27.4 Å². The Bertz CT molecular complexity index is 539. The van der Waals surface area contributed by atoms with E-state index < -0.39 is 9.84 Å². The number of esters is 1. The van der Waals surface area contributed by atoms with Crippen LogP contribution < -0.4 is 0 Å². The Morgan fingerprint density at radius 2 is 1.47 bits per heavy atom. The summed E-state index contributed by atoms with van der Waals surface area (Å²) in [5.41, 5.74) is 0. The van der Waals surface area contributed by atoms with Crippen molar-refractivity contribution in [1.82, 2.24) is 0 Å². The second-order valence-electron chi connectivity index (χ2n) is 9.17. The van der Waals surface area contributed by atoms with Crippen molar-refractivity contribution >= 4 is 15.8 Å². The summed E-state index contributed by atoms with van der Waals surface area (Å²) in [5.74, 6) is 1.32. The van der Waals surface area contributed by atoms with Crippen molar-refractivity contribution in [3.63, 3.8) is 0 Å². The third-order valence-corrected chi connectivity index (χ3v) is 6.95. The largest absolute Gasteiger partial charge is 0.469 e. The molecule has 1 aliphatic rings. The summed E-state index contributed by atoms with van der Waals surface area (Å²) in [6, 6.07) is 0. The molecular formula is C25H52O6S. The van der Waals surface area contributed by atoms with Gasteiger partial charge >= 0.3 is 5.97 Å². The van der Waals surface area contributed by atoms with Crippen LogP contribution in [0.4, 0.5) is 0 Å². The molecule has 1 fully saturated rings. The number of carbonyl (C=O) groups is 1. The van der Waals surface area contributed by atoms with Gasteiger partial charge in [-0.05, 0) is 51.4 Å². The lowest BCUT2D eigenvalue weighted by Gasteiger charge is -2.03. The van der Waals surface area contributed by atoms with E-state index in [2.05, 4.69) is 38.5 Å². The molecule has 0 radical (unpaired) electrons. The van der Waals surface area contributed by atoms with E-state index in [0.717, 1.165) is 32.0 Å². The van der Waals surface area contributed by atoms with E-state index in [1.165, 1.54) is 20.0 Å². The van der Waals surface area contributed by atoms with E-state index in [1.807, 2.05) is 6.08 Å². The highest BCUT2D eigenvalue weighted by atomic mass is 32.2. The van der Waals surface area contributed by atoms with Crippen molar-refractivity contribution in [2.45, 2.75) is 91.6 Å². The average Bonchev–Trinajstić information content (AvgIpc) is 3.54. The van der Waals surface area contributed by atoms with Gasteiger partial charge in [0.2, 0.25) is 0 Å². The van der Waals surface area contributed by atoms with E-state index in [1.54, 1.807) is 41.9 Å². The SMILES string of the molecule is CC(C)S(=O)(=O)C1CC1.COC(=O)C(C)C.COC/C=C/C(C)C.COCCCC(C)C. The fraction of sp³-hybridized carbons (Fsp3) is 0.880. The number of hydrogen-bond donors (Lipinski definition) is 0. The van der Waals surface area contributed by atoms with Crippen molar-refractivity contribution in [1.29, 1.82) is 0 Å². The number of sulfone groups is 1. The van der Waals surface area contributed by atoms with Crippen LogP contribution in [0, 0.1) is 17.8 Å². The molecule has 1 rings (SSSR count). The zero-order chi connectivity index (χ0) is 25.7. The molecule has 0 heterocycles. The zero-order valence-corrected chi connectivity index (χ0v) is 23.5. The standard InChI is InChI=1S/C7H16O.C7H14O.C6H12O2S.C5H10O2/c2*1-7(2)5-4-6-8-3;1-5(2)9(7,8)6-3-4-6;1-4(2)5(6)7-3/h7H,4-6H2,1-3H3;4-5,7H,6H2,1-3H3;5-6H,3-4H2,1-2H3;4H,1-3H3/b;5-4+;;. The van der Waals surface area contributed by atoms with Crippen LogP contribution in [0.1, 0.15) is 81.1 Å². The second-order valence-corrected chi connectivity index (χ2v) is 12.0. The third kappa shape index (κ3) is 25.3. The summed E-state index contributed by atoms with van der Waals surface area (Å²) in [6.07, 6.45) is 8.43. The van der Waals surface area contributed by atoms with Gasteiger partial charge in [0.25, 0.3) is 0 Å². The molecule has 6 nitrogen and oxygen atoms in total. The van der Waals surface area contributed by atoms with Gasteiger partial charge in [-0.3, -0.25) is 4.79 Å². The van der Waals surface area contributed by atoms with Gasteiger partial charge in [-0.2, -0.15) is 0 Å². The zero-order valence-electron chi connectivity index (χ0n) is 22.6. The van der Waals surface area contributed by atoms with Gasteiger partial charge in [-0.25, -0.2) is 8.42 Å². The van der Waals surface area contributed by atoms with Gasteiger partial charge < -0.3 is 14.2 Å². The fourth-order valence-electron chi connectivity index (χ4n) is 2.08. The van der Waals surface area contributed by atoms with Gasteiger partial charge in [0.05, 0.1) is 30.1 Å². The van der Waals surface area contributed by atoms with Crippen LogP contribution in [0.25, 0.3) is 0 Å². The maximum atomic E-state index is 11.1. The molecule has 0 amide bonds. The lowest BCUT2D eigenvalue weighted by Crippen LogP contribution is -2.18. The lowest BCUT2D eigenvalue weighted by molar-refractivity contribution is -0.144. The van der Waals surface area contributed by atoms with E-state index in [9.17, 15) is 13.2 Å². The molecule has 0 aromatic heterocycles. The van der Waals surface area contributed by atoms with E-state index in [0.29, 0.717) is 5.92 Å². The normalized spacial score (nSPS) is 13.3. The number of allylic oxidation sites excluding steroid dienone is 1. The Balaban J connectivity index is -0.000000352. The van der Waals surface area contributed by atoms with Crippen LogP contribution in [-0.2, 0) is 28.8 Å². The first-order chi connectivity index (χ1) is 14.8. The predicted octanol–water partition coefficient (Wildman–Crippen LogP) is 5.70. The molecule has 194 valence electrons. The van der Waals surface area contributed by atoms with Crippen LogP contribution in [0.2, 0.25) is 0 Å². The Labute approximate surface area is 199 Å². The molecule has 0 aliphatic heterocycles. The summed E-state index contributed by atoms with van der Waals surface area (Å²) < 4.78 is 36.3. The van der Waals surface area contributed by atoms with Crippen LogP contribution in [0.5, 0.6) is 0 Å². The monoisotopic (exact) mass is 480 g/mol. The van der Waals surface area contributed by atoms with Crippen molar-refractivity contribution in [2.75, 3.05) is 34.5 Å². The minimum atomic E-state index is -2.70. The lowest BCUT2D eigenvalue weighted by atomic mass is 10.1. The molecule has 0 atom stereocenters. The van der Waals surface area contributed by atoms with Crippen molar-refractivity contribution in [2.24, 2.45) is 17.8 Å². The predicted molar refractivity (Wildman–Crippen MR) is 136 cm³/mol. The molecule has 7 heteroatoms. The van der Waals surface area contributed by atoms with Crippen LogP contribution in [0.3, 0.4) is 0 Å². The number of carbonyl (C=O) groups excluding carboxylic acids is 1. The van der Waals surface area contributed by atoms with Gasteiger partial charge in [-0.1, -0.05) is 53.7 Å². The number of methoxy groups -OCH3 is 3. The molecule has 0 aromatic carbocycles. The summed E-state index contributed by atoms with van der Waals surface area (Å²) in [4.78, 5) is 10.3. The highest BCUT2D eigenvalue weighted by Crippen LogP contribution is 2.30. The molecule has 0 N–H and O–H groups in total. The Morgan fingerprint density at radius 3 is 1.69 bits per heavy atom. The molecule has 32 heavy (non-hydrogen) atoms. The molecule has 0 spiro atoms. The molecular weight excluding hydrogens is 428 g/mol. The Morgan fingerprint density at radius 1 is 0.938 bits per heavy atom. The smallest absolute Gasteiger partial charge is 0.308 e. The minimum Gasteiger partial charge on any atom is -0.469 e. The molecule has 0 bridgehead atoms. The van der Waals surface area contributed by atoms with E-state index in [4.69, 9.17) is 9.47 Å². The Kier molecular flexibility index (Phi) is 24.4. The molecule has 0 saturated heterocycles. The molecule has 1 aliphatic carbocycles. The van der Waals surface area contributed by atoms with Gasteiger partial charge in [-0.15, -0.1) is 0 Å². The minimum absolute atomic E-state index is 0.00463. The number of hydrogen-bond acceptors (Lipinski definition) is 6. The second kappa shape index (κ2) is 21.9. The maximum Gasteiger partial charge on any atom is 0.308 e. The fourth-order valence-corrected chi connectivity index (χ4v) is 3.64. The number of rotatable bonds is 10. The first kappa shape index (κ1) is 35.7. The highest BCUT2D eigenvalue weighted by Gasteiger charge is 2.37. The summed E-state index contributed by atoms with van der Waals surface area (Å²) in [5, 5.41) is -0.164.